The minimum absolute atomic E-state index is 0.0802. The monoisotopic (exact) mass is 336 g/mol. The van der Waals surface area contributed by atoms with Crippen LogP contribution in [-0.4, -0.2) is 30.7 Å². The van der Waals surface area contributed by atoms with E-state index in [2.05, 4.69) is 25.6 Å². The van der Waals surface area contributed by atoms with E-state index < -0.39 is 15.6 Å². The lowest BCUT2D eigenvalue weighted by Crippen LogP contribution is -2.50. The quantitative estimate of drug-likeness (QED) is 0.828. The van der Waals surface area contributed by atoms with Crippen LogP contribution in [0.3, 0.4) is 0 Å². The van der Waals surface area contributed by atoms with Crippen molar-refractivity contribution in [2.75, 3.05) is 6.61 Å². The van der Waals surface area contributed by atoms with Crippen molar-refractivity contribution in [3.63, 3.8) is 0 Å². The first-order chi connectivity index (χ1) is 8.39. The molecule has 0 aliphatic heterocycles. The van der Waals surface area contributed by atoms with Crippen LogP contribution in [-0.2, 0) is 10.0 Å². The van der Waals surface area contributed by atoms with Gasteiger partial charge in [0.25, 0.3) is 0 Å². The molecule has 1 heterocycles. The highest BCUT2D eigenvalue weighted by molar-refractivity contribution is 9.10. The van der Waals surface area contributed by atoms with Crippen molar-refractivity contribution in [1.82, 2.24) is 9.71 Å². The van der Waals surface area contributed by atoms with E-state index in [1.54, 1.807) is 0 Å². The first-order valence-corrected chi connectivity index (χ1v) is 7.92. The average molecular weight is 337 g/mol. The molecular weight excluding hydrogens is 320 g/mol. The van der Waals surface area contributed by atoms with E-state index in [-0.39, 0.29) is 11.5 Å². The molecule has 0 aliphatic carbocycles. The minimum atomic E-state index is -3.68. The molecular formula is C11H17BrN2O3S. The smallest absolute Gasteiger partial charge is 0.242 e. The molecule has 0 bridgehead atoms. The number of hydrogen-bond donors (Lipinski definition) is 2. The third-order valence-electron chi connectivity index (χ3n) is 3.00. The normalized spacial score (nSPS) is 12.7. The summed E-state index contributed by atoms with van der Waals surface area (Å²) in [5.41, 5.74) is -0.818. The summed E-state index contributed by atoms with van der Waals surface area (Å²) in [5.74, 6) is 0. The summed E-state index contributed by atoms with van der Waals surface area (Å²) in [6, 6.07) is 1.47. The maximum absolute atomic E-state index is 12.2. The summed E-state index contributed by atoms with van der Waals surface area (Å²) in [5, 5.41) is 9.39. The van der Waals surface area contributed by atoms with Crippen molar-refractivity contribution >= 4 is 26.0 Å². The van der Waals surface area contributed by atoms with Gasteiger partial charge >= 0.3 is 0 Å². The number of sulfonamides is 1. The summed E-state index contributed by atoms with van der Waals surface area (Å²) in [7, 11) is -3.68. The van der Waals surface area contributed by atoms with Gasteiger partial charge in [0, 0.05) is 16.9 Å². The van der Waals surface area contributed by atoms with Crippen molar-refractivity contribution in [1.29, 1.82) is 0 Å². The van der Waals surface area contributed by atoms with E-state index in [0.717, 1.165) is 0 Å². The van der Waals surface area contributed by atoms with Crippen molar-refractivity contribution in [2.24, 2.45) is 0 Å². The fraction of sp³-hybridized carbons (Fsp3) is 0.545. The molecule has 0 unspecified atom stereocenters. The Bertz CT molecular complexity index is 493. The third-order valence-corrected chi connectivity index (χ3v) is 4.98. The Hall–Kier alpha value is -0.500. The number of aliphatic hydroxyl groups is 1. The summed E-state index contributed by atoms with van der Waals surface area (Å²) in [6.07, 6.45) is 3.82. The zero-order valence-electron chi connectivity index (χ0n) is 10.4. The second kappa shape index (κ2) is 6.10. The van der Waals surface area contributed by atoms with Crippen LogP contribution in [0, 0.1) is 0 Å². The SMILES string of the molecule is CCC(CC)(CO)NS(=O)(=O)c1cncc(Br)c1. The molecule has 0 amide bonds. The van der Waals surface area contributed by atoms with Crippen molar-refractivity contribution in [3.8, 4) is 0 Å². The molecule has 0 radical (unpaired) electrons. The van der Waals surface area contributed by atoms with E-state index >= 15 is 0 Å². The number of nitrogens with one attached hydrogen (secondary N) is 1. The lowest BCUT2D eigenvalue weighted by atomic mass is 9.96. The van der Waals surface area contributed by atoms with E-state index in [1.807, 2.05) is 13.8 Å². The van der Waals surface area contributed by atoms with Crippen LogP contribution in [0.15, 0.2) is 27.8 Å². The molecule has 102 valence electrons. The van der Waals surface area contributed by atoms with Gasteiger partial charge in [0.1, 0.15) is 4.90 Å². The van der Waals surface area contributed by atoms with E-state index in [1.165, 1.54) is 18.5 Å². The molecule has 5 nitrogen and oxygen atoms in total. The predicted octanol–water partition coefficient (Wildman–Crippen LogP) is 1.67. The van der Waals surface area contributed by atoms with Crippen LogP contribution in [0.25, 0.3) is 0 Å². The van der Waals surface area contributed by atoms with Gasteiger partial charge in [0.05, 0.1) is 12.1 Å². The van der Waals surface area contributed by atoms with Crippen LogP contribution in [0.4, 0.5) is 0 Å². The number of rotatable bonds is 6. The highest BCUT2D eigenvalue weighted by Crippen LogP contribution is 2.20. The summed E-state index contributed by atoms with van der Waals surface area (Å²) >= 11 is 3.18. The van der Waals surface area contributed by atoms with Crippen molar-refractivity contribution in [3.05, 3.63) is 22.9 Å². The standard InChI is InChI=1S/C11H17BrN2O3S/c1-3-11(4-2,8-15)14-18(16,17)10-5-9(12)6-13-7-10/h5-7,14-15H,3-4,8H2,1-2H3. The van der Waals surface area contributed by atoms with Gasteiger partial charge in [-0.2, -0.15) is 0 Å². The van der Waals surface area contributed by atoms with Crippen LogP contribution < -0.4 is 4.72 Å². The van der Waals surface area contributed by atoms with E-state index in [0.29, 0.717) is 17.3 Å². The van der Waals surface area contributed by atoms with Gasteiger partial charge in [-0.3, -0.25) is 4.98 Å². The van der Waals surface area contributed by atoms with Gasteiger partial charge in [-0.25, -0.2) is 13.1 Å². The molecule has 0 saturated carbocycles. The molecule has 7 heteroatoms. The van der Waals surface area contributed by atoms with Crippen LogP contribution >= 0.6 is 15.9 Å². The molecule has 18 heavy (non-hydrogen) atoms. The Morgan fingerprint density at radius 1 is 1.39 bits per heavy atom. The first kappa shape index (κ1) is 15.6. The molecule has 0 fully saturated rings. The van der Waals surface area contributed by atoms with E-state index in [4.69, 9.17) is 0 Å². The Morgan fingerprint density at radius 3 is 2.44 bits per heavy atom. The molecule has 1 aromatic heterocycles. The number of hydrogen-bond acceptors (Lipinski definition) is 4. The number of aromatic nitrogens is 1. The Balaban J connectivity index is 3.08. The van der Waals surface area contributed by atoms with Crippen molar-refractivity contribution in [2.45, 2.75) is 37.1 Å². The molecule has 0 aliphatic rings. The third kappa shape index (κ3) is 3.50. The molecule has 1 aromatic rings. The van der Waals surface area contributed by atoms with Gasteiger partial charge in [-0.05, 0) is 34.8 Å². The molecule has 0 atom stereocenters. The number of halogens is 1. The first-order valence-electron chi connectivity index (χ1n) is 5.64. The van der Waals surface area contributed by atoms with Gasteiger partial charge in [0.15, 0.2) is 0 Å². The maximum Gasteiger partial charge on any atom is 0.242 e. The van der Waals surface area contributed by atoms with Crippen LogP contribution in [0.2, 0.25) is 0 Å². The Morgan fingerprint density at radius 2 is 2.00 bits per heavy atom. The van der Waals surface area contributed by atoms with Crippen LogP contribution in [0.5, 0.6) is 0 Å². The highest BCUT2D eigenvalue weighted by Gasteiger charge is 2.31. The number of aliphatic hydroxyl groups excluding tert-OH is 1. The number of pyridine rings is 1. The largest absolute Gasteiger partial charge is 0.394 e. The molecule has 0 saturated heterocycles. The van der Waals surface area contributed by atoms with Gasteiger partial charge in [-0.1, -0.05) is 13.8 Å². The Kier molecular flexibility index (Phi) is 5.27. The maximum atomic E-state index is 12.2. The molecule has 2 N–H and O–H groups in total. The van der Waals surface area contributed by atoms with Gasteiger partial charge < -0.3 is 5.11 Å². The molecule has 0 spiro atoms. The fourth-order valence-corrected chi connectivity index (χ4v) is 3.57. The second-order valence-corrected chi connectivity index (χ2v) is 6.69. The molecule has 1 rings (SSSR count). The predicted molar refractivity (Wildman–Crippen MR) is 72.7 cm³/mol. The topological polar surface area (TPSA) is 79.3 Å². The zero-order chi connectivity index (χ0) is 13.8. The van der Waals surface area contributed by atoms with Crippen molar-refractivity contribution < 1.29 is 13.5 Å². The van der Waals surface area contributed by atoms with Gasteiger partial charge in [0.2, 0.25) is 10.0 Å². The summed E-state index contributed by atoms with van der Waals surface area (Å²) in [6.45, 7) is 3.43. The zero-order valence-corrected chi connectivity index (χ0v) is 12.8. The molecule has 0 aromatic carbocycles. The number of nitrogens with zero attached hydrogens (tertiary/aromatic N) is 1. The average Bonchev–Trinajstić information content (AvgIpc) is 2.36. The Labute approximate surface area is 116 Å². The lowest BCUT2D eigenvalue weighted by molar-refractivity contribution is 0.172. The van der Waals surface area contributed by atoms with Gasteiger partial charge in [-0.15, -0.1) is 0 Å². The fourth-order valence-electron chi connectivity index (χ4n) is 1.53. The summed E-state index contributed by atoms with van der Waals surface area (Å²) in [4.78, 5) is 3.91. The van der Waals surface area contributed by atoms with Crippen LogP contribution in [0.1, 0.15) is 26.7 Å². The minimum Gasteiger partial charge on any atom is -0.394 e. The van der Waals surface area contributed by atoms with E-state index in [9.17, 15) is 13.5 Å². The lowest BCUT2D eigenvalue weighted by Gasteiger charge is -2.30. The summed E-state index contributed by atoms with van der Waals surface area (Å²) < 4.78 is 27.5. The second-order valence-electron chi connectivity index (χ2n) is 4.09. The highest BCUT2D eigenvalue weighted by atomic mass is 79.9.